The number of rotatable bonds is 2. The van der Waals surface area contributed by atoms with Gasteiger partial charge in [-0.3, -0.25) is 0 Å². The van der Waals surface area contributed by atoms with Gasteiger partial charge in [0.25, 0.3) is 0 Å². The molecule has 0 aliphatic carbocycles. The van der Waals surface area contributed by atoms with Crippen LogP contribution in [0.4, 0.5) is 17.5 Å². The van der Waals surface area contributed by atoms with Crippen molar-refractivity contribution >= 4 is 49.3 Å². The predicted molar refractivity (Wildman–Crippen MR) is 76.3 cm³/mol. The molecule has 6 heteroatoms. The number of nitrogens with zero attached hydrogens (tertiary/aromatic N) is 2. The Morgan fingerprint density at radius 1 is 1.18 bits per heavy atom. The van der Waals surface area contributed by atoms with Gasteiger partial charge in [-0.1, -0.05) is 15.9 Å². The Labute approximate surface area is 116 Å². The molecule has 0 fully saturated rings. The molecular formula is C11H10Br2N4. The van der Waals surface area contributed by atoms with E-state index in [1.54, 1.807) is 6.07 Å². The van der Waals surface area contributed by atoms with E-state index in [0.29, 0.717) is 16.4 Å². The maximum absolute atomic E-state index is 5.65. The van der Waals surface area contributed by atoms with E-state index >= 15 is 0 Å². The van der Waals surface area contributed by atoms with Crippen molar-refractivity contribution in [3.8, 4) is 0 Å². The Morgan fingerprint density at radius 2 is 1.94 bits per heavy atom. The molecule has 0 saturated heterocycles. The molecule has 0 unspecified atom stereocenters. The van der Waals surface area contributed by atoms with Crippen molar-refractivity contribution in [1.82, 2.24) is 9.97 Å². The lowest BCUT2D eigenvalue weighted by Gasteiger charge is -2.09. The molecule has 2 aromatic rings. The van der Waals surface area contributed by atoms with Crippen LogP contribution in [0, 0.1) is 6.92 Å². The number of hydrogen-bond donors (Lipinski definition) is 2. The number of benzene rings is 1. The van der Waals surface area contributed by atoms with Gasteiger partial charge in [0.15, 0.2) is 0 Å². The standard InChI is InChI=1S/C11H10Br2N4/c1-6-4-7(12)2-3-8(6)15-11-16-9(13)5-10(14)17-11/h2-5H,1H3,(H3,14,15,16,17). The molecule has 0 aliphatic heterocycles. The third-order valence-electron chi connectivity index (χ3n) is 2.15. The highest BCUT2D eigenvalue weighted by Gasteiger charge is 2.04. The Balaban J connectivity index is 2.31. The summed E-state index contributed by atoms with van der Waals surface area (Å²) in [5.41, 5.74) is 7.69. The molecule has 4 nitrogen and oxygen atoms in total. The highest BCUT2D eigenvalue weighted by molar-refractivity contribution is 9.10. The number of nitrogens with one attached hydrogen (secondary N) is 1. The lowest BCUT2D eigenvalue weighted by Crippen LogP contribution is -2.01. The number of hydrogen-bond acceptors (Lipinski definition) is 4. The lowest BCUT2D eigenvalue weighted by atomic mass is 10.2. The minimum absolute atomic E-state index is 0.420. The van der Waals surface area contributed by atoms with Crippen LogP contribution in [-0.2, 0) is 0 Å². The highest BCUT2D eigenvalue weighted by Crippen LogP contribution is 2.23. The molecule has 0 aliphatic rings. The van der Waals surface area contributed by atoms with Gasteiger partial charge >= 0.3 is 0 Å². The average Bonchev–Trinajstić information content (AvgIpc) is 2.21. The van der Waals surface area contributed by atoms with Crippen molar-refractivity contribution in [3.63, 3.8) is 0 Å². The molecule has 0 amide bonds. The van der Waals surface area contributed by atoms with Gasteiger partial charge in [0.05, 0.1) is 0 Å². The summed E-state index contributed by atoms with van der Waals surface area (Å²) in [6, 6.07) is 7.58. The zero-order valence-electron chi connectivity index (χ0n) is 9.04. The fraction of sp³-hybridized carbons (Fsp3) is 0.0909. The van der Waals surface area contributed by atoms with Crippen LogP contribution in [0.1, 0.15) is 5.56 Å². The van der Waals surface area contributed by atoms with Gasteiger partial charge in [-0.05, 0) is 46.6 Å². The van der Waals surface area contributed by atoms with Gasteiger partial charge in [-0.2, -0.15) is 4.98 Å². The number of aromatic nitrogens is 2. The van der Waals surface area contributed by atoms with Crippen molar-refractivity contribution in [2.75, 3.05) is 11.1 Å². The predicted octanol–water partition coefficient (Wildman–Crippen LogP) is 3.64. The van der Waals surface area contributed by atoms with E-state index < -0.39 is 0 Å². The number of halogens is 2. The second-order valence-corrected chi connectivity index (χ2v) is 5.25. The fourth-order valence-electron chi connectivity index (χ4n) is 1.38. The number of nitrogens with two attached hydrogens (primary N) is 1. The molecule has 2 rings (SSSR count). The molecule has 88 valence electrons. The first-order valence-corrected chi connectivity index (χ1v) is 6.46. The smallest absolute Gasteiger partial charge is 0.230 e. The van der Waals surface area contributed by atoms with Gasteiger partial charge < -0.3 is 11.1 Å². The van der Waals surface area contributed by atoms with Crippen molar-refractivity contribution in [2.45, 2.75) is 6.92 Å². The minimum Gasteiger partial charge on any atom is -0.383 e. The zero-order valence-corrected chi connectivity index (χ0v) is 12.2. The van der Waals surface area contributed by atoms with Crippen molar-refractivity contribution < 1.29 is 0 Å². The monoisotopic (exact) mass is 356 g/mol. The quantitative estimate of drug-likeness (QED) is 0.805. The first-order chi connectivity index (χ1) is 8.04. The summed E-state index contributed by atoms with van der Waals surface area (Å²) in [4.78, 5) is 8.30. The molecule has 1 aromatic heterocycles. The van der Waals surface area contributed by atoms with E-state index in [0.717, 1.165) is 15.7 Å². The number of aryl methyl sites for hydroxylation is 1. The maximum Gasteiger partial charge on any atom is 0.230 e. The number of nitrogen functional groups attached to an aromatic ring is 1. The van der Waals surface area contributed by atoms with Crippen LogP contribution in [-0.4, -0.2) is 9.97 Å². The summed E-state index contributed by atoms with van der Waals surface area (Å²) in [6.45, 7) is 2.01. The zero-order chi connectivity index (χ0) is 12.4. The third-order valence-corrected chi connectivity index (χ3v) is 3.05. The van der Waals surface area contributed by atoms with E-state index in [2.05, 4.69) is 47.1 Å². The molecule has 0 spiro atoms. The highest BCUT2D eigenvalue weighted by atomic mass is 79.9. The molecule has 0 atom stereocenters. The normalized spacial score (nSPS) is 10.3. The average molecular weight is 358 g/mol. The lowest BCUT2D eigenvalue weighted by molar-refractivity contribution is 1.14. The maximum atomic E-state index is 5.65. The van der Waals surface area contributed by atoms with Crippen molar-refractivity contribution in [3.05, 3.63) is 38.9 Å². The van der Waals surface area contributed by atoms with Gasteiger partial charge in [0.2, 0.25) is 5.95 Å². The van der Waals surface area contributed by atoms with Crippen LogP contribution in [0.15, 0.2) is 33.3 Å². The van der Waals surface area contributed by atoms with E-state index in [1.165, 1.54) is 0 Å². The van der Waals surface area contributed by atoms with Crippen molar-refractivity contribution in [2.24, 2.45) is 0 Å². The first-order valence-electron chi connectivity index (χ1n) is 4.88. The van der Waals surface area contributed by atoms with Crippen LogP contribution in [0.2, 0.25) is 0 Å². The van der Waals surface area contributed by atoms with Gasteiger partial charge in [-0.25, -0.2) is 4.98 Å². The first kappa shape index (κ1) is 12.3. The van der Waals surface area contributed by atoms with Crippen LogP contribution in [0.25, 0.3) is 0 Å². The summed E-state index contributed by atoms with van der Waals surface area (Å²) in [5, 5.41) is 3.13. The fourth-order valence-corrected chi connectivity index (χ4v) is 2.26. The summed E-state index contributed by atoms with van der Waals surface area (Å²) >= 11 is 6.70. The largest absolute Gasteiger partial charge is 0.383 e. The van der Waals surface area contributed by atoms with Gasteiger partial charge in [0, 0.05) is 16.2 Å². The summed E-state index contributed by atoms with van der Waals surface area (Å²) < 4.78 is 1.69. The second-order valence-electron chi connectivity index (χ2n) is 3.52. The topological polar surface area (TPSA) is 63.8 Å². The molecule has 0 radical (unpaired) electrons. The molecule has 1 aromatic carbocycles. The van der Waals surface area contributed by atoms with Crippen LogP contribution in [0.5, 0.6) is 0 Å². The van der Waals surface area contributed by atoms with Crippen LogP contribution < -0.4 is 11.1 Å². The van der Waals surface area contributed by atoms with Gasteiger partial charge in [0.1, 0.15) is 10.4 Å². The van der Waals surface area contributed by atoms with Crippen molar-refractivity contribution in [1.29, 1.82) is 0 Å². The van der Waals surface area contributed by atoms with E-state index in [9.17, 15) is 0 Å². The molecule has 0 bridgehead atoms. The Hall–Kier alpha value is -1.14. The number of anilines is 3. The van der Waals surface area contributed by atoms with E-state index in [-0.39, 0.29) is 0 Å². The van der Waals surface area contributed by atoms with E-state index in [4.69, 9.17) is 5.73 Å². The third kappa shape index (κ3) is 3.17. The van der Waals surface area contributed by atoms with E-state index in [1.807, 2.05) is 25.1 Å². The summed E-state index contributed by atoms with van der Waals surface area (Å²) in [6.07, 6.45) is 0. The Morgan fingerprint density at radius 3 is 2.59 bits per heavy atom. The van der Waals surface area contributed by atoms with Gasteiger partial charge in [-0.15, -0.1) is 0 Å². The molecule has 17 heavy (non-hydrogen) atoms. The summed E-state index contributed by atoms with van der Waals surface area (Å²) in [7, 11) is 0. The molecule has 1 heterocycles. The van der Waals surface area contributed by atoms with Crippen LogP contribution in [0.3, 0.4) is 0 Å². The molecular weight excluding hydrogens is 348 g/mol. The second kappa shape index (κ2) is 5.01. The van der Waals surface area contributed by atoms with Crippen LogP contribution >= 0.6 is 31.9 Å². The molecule has 3 N–H and O–H groups in total. The minimum atomic E-state index is 0.420. The Kier molecular flexibility index (Phi) is 3.63. The SMILES string of the molecule is Cc1cc(Br)ccc1Nc1nc(N)cc(Br)n1. The molecule has 0 saturated carbocycles. The summed E-state index contributed by atoms with van der Waals surface area (Å²) in [5.74, 6) is 0.895. The Bertz CT molecular complexity index is 537.